The molecule has 0 saturated carbocycles. The van der Waals surface area contributed by atoms with Gasteiger partial charge < -0.3 is 9.84 Å². The highest BCUT2D eigenvalue weighted by Gasteiger charge is 2.08. The highest BCUT2D eigenvalue weighted by Crippen LogP contribution is 2.25. The topological polar surface area (TPSA) is 46.5 Å². The molecule has 1 N–H and O–H groups in total. The average molecular weight is 261 g/mol. The maximum atomic E-state index is 10.7. The number of rotatable bonds is 6. The SMILES string of the molecule is COCCCSc1ccc(C(=O)O)c(Cl)c1. The standard InChI is InChI=1S/C11H13ClO3S/c1-15-5-2-6-16-8-3-4-9(11(13)14)10(12)7-8/h3-4,7H,2,5-6H2,1H3,(H,13,14). The lowest BCUT2D eigenvalue weighted by atomic mass is 10.2. The number of carboxylic acid groups (broad SMARTS) is 1. The van der Waals surface area contributed by atoms with E-state index in [1.807, 2.05) is 0 Å². The zero-order chi connectivity index (χ0) is 12.0. The van der Waals surface area contributed by atoms with E-state index < -0.39 is 5.97 Å². The fourth-order valence-corrected chi connectivity index (χ4v) is 2.34. The van der Waals surface area contributed by atoms with Crippen molar-refractivity contribution in [2.24, 2.45) is 0 Å². The van der Waals surface area contributed by atoms with Crippen LogP contribution in [-0.2, 0) is 4.74 Å². The van der Waals surface area contributed by atoms with Gasteiger partial charge in [0.1, 0.15) is 0 Å². The summed E-state index contributed by atoms with van der Waals surface area (Å²) in [7, 11) is 1.67. The minimum Gasteiger partial charge on any atom is -0.478 e. The van der Waals surface area contributed by atoms with E-state index in [9.17, 15) is 4.79 Å². The molecule has 16 heavy (non-hydrogen) atoms. The Labute approximate surface area is 104 Å². The molecule has 0 heterocycles. The molecule has 0 atom stereocenters. The number of methoxy groups -OCH3 is 1. The third-order valence-electron chi connectivity index (χ3n) is 1.93. The Morgan fingerprint density at radius 1 is 1.56 bits per heavy atom. The van der Waals surface area contributed by atoms with Crippen molar-refractivity contribution in [3.8, 4) is 0 Å². The first-order valence-electron chi connectivity index (χ1n) is 4.79. The number of ether oxygens (including phenoxy) is 1. The summed E-state index contributed by atoms with van der Waals surface area (Å²) in [4.78, 5) is 11.7. The van der Waals surface area contributed by atoms with Crippen molar-refractivity contribution in [3.05, 3.63) is 28.8 Å². The Balaban J connectivity index is 2.56. The molecule has 0 aromatic heterocycles. The number of aromatic carboxylic acids is 1. The monoisotopic (exact) mass is 260 g/mol. The summed E-state index contributed by atoms with van der Waals surface area (Å²) in [6.45, 7) is 0.730. The van der Waals surface area contributed by atoms with Crippen molar-refractivity contribution < 1.29 is 14.6 Å². The largest absolute Gasteiger partial charge is 0.478 e. The van der Waals surface area contributed by atoms with Gasteiger partial charge in [-0.1, -0.05) is 11.6 Å². The number of hydrogen-bond donors (Lipinski definition) is 1. The van der Waals surface area contributed by atoms with Gasteiger partial charge >= 0.3 is 5.97 Å². The van der Waals surface area contributed by atoms with Gasteiger partial charge in [-0.15, -0.1) is 11.8 Å². The zero-order valence-corrected chi connectivity index (χ0v) is 10.5. The quantitative estimate of drug-likeness (QED) is 0.630. The van der Waals surface area contributed by atoms with Crippen LogP contribution in [0.3, 0.4) is 0 Å². The molecule has 88 valence electrons. The second-order valence-electron chi connectivity index (χ2n) is 3.14. The average Bonchev–Trinajstić information content (AvgIpc) is 2.24. The molecule has 0 aliphatic heterocycles. The van der Waals surface area contributed by atoms with Crippen LogP contribution in [0.5, 0.6) is 0 Å². The molecular weight excluding hydrogens is 248 g/mol. The van der Waals surface area contributed by atoms with Crippen LogP contribution in [0.25, 0.3) is 0 Å². The van der Waals surface area contributed by atoms with Crippen LogP contribution in [0.1, 0.15) is 16.8 Å². The molecular formula is C11H13ClO3S. The summed E-state index contributed by atoms with van der Waals surface area (Å²) in [6, 6.07) is 4.98. The first kappa shape index (κ1) is 13.4. The molecule has 0 fully saturated rings. The van der Waals surface area contributed by atoms with Gasteiger partial charge in [-0.05, 0) is 24.6 Å². The number of carbonyl (C=O) groups is 1. The van der Waals surface area contributed by atoms with Crippen molar-refractivity contribution in [1.82, 2.24) is 0 Å². The molecule has 1 rings (SSSR count). The molecule has 0 radical (unpaired) electrons. The summed E-state index contributed by atoms with van der Waals surface area (Å²) in [5, 5.41) is 9.08. The molecule has 5 heteroatoms. The van der Waals surface area contributed by atoms with Gasteiger partial charge in [0.05, 0.1) is 10.6 Å². The van der Waals surface area contributed by atoms with Crippen LogP contribution in [0, 0.1) is 0 Å². The Morgan fingerprint density at radius 2 is 2.31 bits per heavy atom. The fraction of sp³-hybridized carbons (Fsp3) is 0.364. The Kier molecular flexibility index (Phi) is 5.66. The lowest BCUT2D eigenvalue weighted by Crippen LogP contribution is -1.97. The predicted molar refractivity (Wildman–Crippen MR) is 65.6 cm³/mol. The van der Waals surface area contributed by atoms with Crippen LogP contribution in [0.2, 0.25) is 5.02 Å². The van der Waals surface area contributed by atoms with Crippen molar-refractivity contribution in [2.75, 3.05) is 19.5 Å². The van der Waals surface area contributed by atoms with Crippen LogP contribution < -0.4 is 0 Å². The lowest BCUT2D eigenvalue weighted by molar-refractivity contribution is 0.0697. The van der Waals surface area contributed by atoms with E-state index in [0.717, 1.165) is 23.7 Å². The number of hydrogen-bond acceptors (Lipinski definition) is 3. The van der Waals surface area contributed by atoms with Crippen LogP contribution >= 0.6 is 23.4 Å². The molecule has 1 aromatic carbocycles. The predicted octanol–water partition coefficient (Wildman–Crippen LogP) is 3.17. The molecule has 0 aliphatic carbocycles. The van der Waals surface area contributed by atoms with Crippen molar-refractivity contribution >= 4 is 29.3 Å². The van der Waals surface area contributed by atoms with E-state index in [1.165, 1.54) is 6.07 Å². The third kappa shape index (κ3) is 4.04. The van der Waals surface area contributed by atoms with Crippen molar-refractivity contribution in [1.29, 1.82) is 0 Å². The van der Waals surface area contributed by atoms with E-state index in [1.54, 1.807) is 31.0 Å². The molecule has 0 bridgehead atoms. The van der Waals surface area contributed by atoms with Crippen LogP contribution in [0.4, 0.5) is 0 Å². The first-order chi connectivity index (χ1) is 7.65. The van der Waals surface area contributed by atoms with E-state index in [2.05, 4.69) is 0 Å². The smallest absolute Gasteiger partial charge is 0.337 e. The van der Waals surface area contributed by atoms with Gasteiger partial charge in [0.25, 0.3) is 0 Å². The van der Waals surface area contributed by atoms with Gasteiger partial charge in [0.2, 0.25) is 0 Å². The van der Waals surface area contributed by atoms with Gasteiger partial charge in [-0.25, -0.2) is 4.79 Å². The maximum absolute atomic E-state index is 10.7. The molecule has 0 spiro atoms. The summed E-state index contributed by atoms with van der Waals surface area (Å²) in [5.41, 5.74) is 0.142. The van der Waals surface area contributed by atoms with E-state index in [-0.39, 0.29) is 10.6 Å². The number of benzene rings is 1. The highest BCUT2D eigenvalue weighted by molar-refractivity contribution is 7.99. The maximum Gasteiger partial charge on any atom is 0.337 e. The minimum absolute atomic E-state index is 0.142. The van der Waals surface area contributed by atoms with Crippen molar-refractivity contribution in [2.45, 2.75) is 11.3 Å². The van der Waals surface area contributed by atoms with Gasteiger partial charge in [0.15, 0.2) is 0 Å². The fourth-order valence-electron chi connectivity index (χ4n) is 1.15. The number of carboxylic acids is 1. The summed E-state index contributed by atoms with van der Waals surface area (Å²) < 4.78 is 4.94. The van der Waals surface area contributed by atoms with Gasteiger partial charge in [-0.3, -0.25) is 0 Å². The minimum atomic E-state index is -0.999. The Morgan fingerprint density at radius 3 is 2.88 bits per heavy atom. The van der Waals surface area contributed by atoms with Crippen molar-refractivity contribution in [3.63, 3.8) is 0 Å². The van der Waals surface area contributed by atoms with E-state index in [4.69, 9.17) is 21.4 Å². The molecule has 0 unspecified atom stereocenters. The molecule has 3 nitrogen and oxygen atoms in total. The third-order valence-corrected chi connectivity index (χ3v) is 3.33. The molecule has 1 aromatic rings. The van der Waals surface area contributed by atoms with E-state index >= 15 is 0 Å². The first-order valence-corrected chi connectivity index (χ1v) is 6.16. The molecule has 0 saturated heterocycles. The molecule has 0 aliphatic rings. The second-order valence-corrected chi connectivity index (χ2v) is 4.72. The Bertz CT molecular complexity index is 368. The highest BCUT2D eigenvalue weighted by atomic mass is 35.5. The van der Waals surface area contributed by atoms with E-state index in [0.29, 0.717) is 0 Å². The van der Waals surface area contributed by atoms with Gasteiger partial charge in [0, 0.05) is 24.4 Å². The Hall–Kier alpha value is -0.710. The summed E-state index contributed by atoms with van der Waals surface area (Å²) in [6.07, 6.45) is 0.958. The second kappa shape index (κ2) is 6.78. The lowest BCUT2D eigenvalue weighted by Gasteiger charge is -2.04. The summed E-state index contributed by atoms with van der Waals surface area (Å²) in [5.74, 6) is -0.0720. The van der Waals surface area contributed by atoms with Crippen LogP contribution in [-0.4, -0.2) is 30.5 Å². The summed E-state index contributed by atoms with van der Waals surface area (Å²) >= 11 is 7.48. The van der Waals surface area contributed by atoms with Crippen LogP contribution in [0.15, 0.2) is 23.1 Å². The molecule has 0 amide bonds. The normalized spacial score (nSPS) is 10.4. The van der Waals surface area contributed by atoms with Gasteiger partial charge in [-0.2, -0.15) is 0 Å². The number of halogens is 1. The zero-order valence-electron chi connectivity index (χ0n) is 8.90. The number of thioether (sulfide) groups is 1.